The van der Waals surface area contributed by atoms with Crippen LogP contribution in [0.25, 0.3) is 22.6 Å². The second-order valence-corrected chi connectivity index (χ2v) is 7.79. The summed E-state index contributed by atoms with van der Waals surface area (Å²) in [6.07, 6.45) is 0. The number of imidazole rings is 1. The summed E-state index contributed by atoms with van der Waals surface area (Å²) in [5.41, 5.74) is 0.631. The number of fused-ring (bicyclic) bond motifs is 1. The summed E-state index contributed by atoms with van der Waals surface area (Å²) in [6, 6.07) is 7.07. The quantitative estimate of drug-likeness (QED) is 0.530. The molecule has 0 aliphatic heterocycles. The van der Waals surface area contributed by atoms with Crippen molar-refractivity contribution in [1.29, 1.82) is 0 Å². The van der Waals surface area contributed by atoms with Gasteiger partial charge in [-0.1, -0.05) is 0 Å². The zero-order valence-electron chi connectivity index (χ0n) is 19.2. The lowest BCUT2D eigenvalue weighted by atomic mass is 10.2. The van der Waals surface area contributed by atoms with E-state index in [1.807, 2.05) is 25.9 Å². The van der Waals surface area contributed by atoms with Crippen molar-refractivity contribution >= 4 is 17.1 Å². The van der Waals surface area contributed by atoms with Gasteiger partial charge < -0.3 is 19.5 Å². The van der Waals surface area contributed by atoms with Gasteiger partial charge in [-0.15, -0.1) is 0 Å². The molecule has 0 saturated heterocycles. The highest BCUT2D eigenvalue weighted by molar-refractivity contribution is 5.77. The fraction of sp³-hybridized carbons (Fsp3) is 0.455. The number of hydrogen-bond donors (Lipinski definition) is 1. The first-order valence-corrected chi connectivity index (χ1v) is 10.6. The molecule has 1 N–H and O–H groups in total. The molecule has 172 valence electrons. The molecule has 0 spiro atoms. The largest absolute Gasteiger partial charge is 0.484 e. The Morgan fingerprint density at radius 2 is 1.69 bits per heavy atom. The number of amides is 1. The van der Waals surface area contributed by atoms with Crippen molar-refractivity contribution in [1.82, 2.24) is 28.9 Å². The molecule has 10 heteroatoms. The molecule has 1 amide bonds. The van der Waals surface area contributed by atoms with Crippen molar-refractivity contribution in [2.75, 3.05) is 40.8 Å². The van der Waals surface area contributed by atoms with E-state index in [9.17, 15) is 14.4 Å². The monoisotopic (exact) mass is 442 g/mol. The minimum absolute atomic E-state index is 0.0484. The number of carbonyl (C=O) groups excluding carboxylic acids is 1. The van der Waals surface area contributed by atoms with Gasteiger partial charge in [-0.25, -0.2) is 9.78 Å². The Hall–Kier alpha value is -3.40. The summed E-state index contributed by atoms with van der Waals surface area (Å²) in [7, 11) is 5.67. The molecule has 0 aliphatic carbocycles. The fourth-order valence-corrected chi connectivity index (χ4v) is 3.31. The van der Waals surface area contributed by atoms with Crippen LogP contribution in [0.5, 0.6) is 5.75 Å². The number of ether oxygens (including phenoxy) is 1. The zero-order valence-corrected chi connectivity index (χ0v) is 19.2. The highest BCUT2D eigenvalue weighted by atomic mass is 16.5. The Balaban J connectivity index is 1.78. The first-order valence-electron chi connectivity index (χ1n) is 10.6. The smallest absolute Gasteiger partial charge is 0.332 e. The Labute approximate surface area is 186 Å². The van der Waals surface area contributed by atoms with E-state index in [2.05, 4.69) is 9.97 Å². The summed E-state index contributed by atoms with van der Waals surface area (Å²) in [5.74, 6) is 0.939. The second-order valence-electron chi connectivity index (χ2n) is 7.79. The molecular weight excluding hydrogens is 412 g/mol. The molecule has 10 nitrogen and oxygen atoms in total. The zero-order chi connectivity index (χ0) is 23.4. The maximum Gasteiger partial charge on any atom is 0.332 e. The van der Waals surface area contributed by atoms with Crippen LogP contribution >= 0.6 is 0 Å². The number of hydrogen-bond acceptors (Lipinski definition) is 6. The number of rotatable bonds is 9. The van der Waals surface area contributed by atoms with Crippen molar-refractivity contribution in [3.63, 3.8) is 0 Å². The molecule has 3 rings (SSSR count). The number of H-pyrrole nitrogens is 1. The standard InChI is InChI=1S/C22H30N6O4/c1-6-27-20-18(21(30)28(7-2)22(27)31)23-19(24-20)15-8-10-16(11-9-15)32-14-17(29)26(5)13-12-25(3)4/h8-11H,6-7,12-14H2,1-5H3,(H,23,24). The third-order valence-corrected chi connectivity index (χ3v) is 5.29. The lowest BCUT2D eigenvalue weighted by molar-refractivity contribution is -0.132. The average Bonchev–Trinajstić information content (AvgIpc) is 3.22. The van der Waals surface area contributed by atoms with Gasteiger partial charge in [0, 0.05) is 38.8 Å². The number of likely N-dealkylation sites (N-methyl/N-ethyl adjacent to an activating group) is 2. The first-order chi connectivity index (χ1) is 15.3. The van der Waals surface area contributed by atoms with E-state index in [4.69, 9.17) is 4.74 Å². The Morgan fingerprint density at radius 3 is 2.28 bits per heavy atom. The number of aromatic amines is 1. The van der Waals surface area contributed by atoms with Crippen molar-refractivity contribution in [2.24, 2.45) is 0 Å². The number of aryl methyl sites for hydroxylation is 1. The van der Waals surface area contributed by atoms with Crippen LogP contribution in [0.4, 0.5) is 0 Å². The highest BCUT2D eigenvalue weighted by Crippen LogP contribution is 2.21. The molecule has 2 aromatic heterocycles. The van der Waals surface area contributed by atoms with E-state index >= 15 is 0 Å². The molecule has 2 heterocycles. The van der Waals surface area contributed by atoms with Crippen LogP contribution in [0, 0.1) is 0 Å². The summed E-state index contributed by atoms with van der Waals surface area (Å²) in [5, 5.41) is 0. The summed E-state index contributed by atoms with van der Waals surface area (Å²) in [6.45, 7) is 5.65. The molecule has 0 fully saturated rings. The van der Waals surface area contributed by atoms with E-state index in [-0.39, 0.29) is 30.3 Å². The van der Waals surface area contributed by atoms with Gasteiger partial charge in [-0.2, -0.15) is 0 Å². The van der Waals surface area contributed by atoms with E-state index in [0.717, 1.165) is 12.1 Å². The maximum absolute atomic E-state index is 12.7. The molecule has 0 saturated carbocycles. The van der Waals surface area contributed by atoms with Crippen LogP contribution in [-0.4, -0.2) is 75.6 Å². The van der Waals surface area contributed by atoms with Crippen LogP contribution in [0.1, 0.15) is 13.8 Å². The van der Waals surface area contributed by atoms with Gasteiger partial charge in [0.15, 0.2) is 12.3 Å². The molecular formula is C22H30N6O4. The normalized spacial score (nSPS) is 11.3. The highest BCUT2D eigenvalue weighted by Gasteiger charge is 2.16. The molecule has 3 aromatic rings. The molecule has 0 bridgehead atoms. The molecule has 0 radical (unpaired) electrons. The summed E-state index contributed by atoms with van der Waals surface area (Å²) in [4.78, 5) is 48.6. The summed E-state index contributed by atoms with van der Waals surface area (Å²) < 4.78 is 8.29. The minimum Gasteiger partial charge on any atom is -0.484 e. The number of benzene rings is 1. The maximum atomic E-state index is 12.7. The lowest BCUT2D eigenvalue weighted by Crippen LogP contribution is -2.39. The fourth-order valence-electron chi connectivity index (χ4n) is 3.31. The van der Waals surface area contributed by atoms with E-state index in [1.165, 1.54) is 9.13 Å². The molecule has 0 unspecified atom stereocenters. The van der Waals surface area contributed by atoms with E-state index in [1.54, 1.807) is 43.1 Å². The molecule has 0 aliphatic rings. The lowest BCUT2D eigenvalue weighted by Gasteiger charge is -2.19. The van der Waals surface area contributed by atoms with Crippen molar-refractivity contribution in [3.05, 3.63) is 45.1 Å². The Kier molecular flexibility index (Phi) is 7.14. The van der Waals surface area contributed by atoms with Gasteiger partial charge in [0.1, 0.15) is 17.1 Å². The van der Waals surface area contributed by atoms with Gasteiger partial charge in [0.25, 0.3) is 11.5 Å². The molecule has 32 heavy (non-hydrogen) atoms. The predicted molar refractivity (Wildman–Crippen MR) is 123 cm³/mol. The third-order valence-electron chi connectivity index (χ3n) is 5.29. The summed E-state index contributed by atoms with van der Waals surface area (Å²) >= 11 is 0. The number of aromatic nitrogens is 4. The first kappa shape index (κ1) is 23.3. The topological polar surface area (TPSA) is 105 Å². The van der Waals surface area contributed by atoms with Crippen molar-refractivity contribution in [3.8, 4) is 17.1 Å². The van der Waals surface area contributed by atoms with Crippen LogP contribution in [-0.2, 0) is 17.9 Å². The second kappa shape index (κ2) is 9.82. The van der Waals surface area contributed by atoms with Gasteiger partial charge in [-0.3, -0.25) is 18.7 Å². The molecule has 0 atom stereocenters. The van der Waals surface area contributed by atoms with Gasteiger partial charge in [0.05, 0.1) is 0 Å². The number of nitrogens with zero attached hydrogens (tertiary/aromatic N) is 5. The van der Waals surface area contributed by atoms with Gasteiger partial charge >= 0.3 is 5.69 Å². The molecule has 1 aromatic carbocycles. The number of nitrogens with one attached hydrogen (secondary N) is 1. The van der Waals surface area contributed by atoms with Crippen LogP contribution < -0.4 is 16.0 Å². The number of carbonyl (C=O) groups is 1. The third kappa shape index (κ3) is 4.75. The van der Waals surface area contributed by atoms with Crippen LogP contribution in [0.3, 0.4) is 0 Å². The van der Waals surface area contributed by atoms with Crippen LogP contribution in [0.2, 0.25) is 0 Å². The minimum atomic E-state index is -0.382. The van der Waals surface area contributed by atoms with E-state index < -0.39 is 0 Å². The predicted octanol–water partition coefficient (Wildman–Crippen LogP) is 0.992. The van der Waals surface area contributed by atoms with Crippen molar-refractivity contribution < 1.29 is 9.53 Å². The Morgan fingerprint density at radius 1 is 1.03 bits per heavy atom. The van der Waals surface area contributed by atoms with E-state index in [0.29, 0.717) is 35.8 Å². The van der Waals surface area contributed by atoms with Crippen molar-refractivity contribution in [2.45, 2.75) is 26.9 Å². The van der Waals surface area contributed by atoms with Crippen LogP contribution in [0.15, 0.2) is 33.9 Å². The van der Waals surface area contributed by atoms with Gasteiger partial charge in [-0.05, 0) is 52.2 Å². The Bertz CT molecular complexity index is 1210. The SMILES string of the molecule is CCn1c(=O)c2[nH]c(-c3ccc(OCC(=O)N(C)CCN(C)C)cc3)nc2n(CC)c1=O. The average molecular weight is 443 g/mol. The van der Waals surface area contributed by atoms with Gasteiger partial charge in [0.2, 0.25) is 0 Å².